The number of methoxy groups -OCH3 is 1. The van der Waals surface area contributed by atoms with Gasteiger partial charge in [0.05, 0.1) is 31.5 Å². The van der Waals surface area contributed by atoms with E-state index in [-0.39, 0.29) is 18.2 Å². The van der Waals surface area contributed by atoms with Crippen LogP contribution in [-0.4, -0.2) is 28.7 Å². The lowest BCUT2D eigenvalue weighted by Gasteiger charge is -2.18. The van der Waals surface area contributed by atoms with E-state index in [2.05, 4.69) is 15.7 Å². The van der Waals surface area contributed by atoms with Gasteiger partial charge in [-0.15, -0.1) is 0 Å². The maximum atomic E-state index is 12.5. The molecule has 2 N–H and O–H groups in total. The Hall–Kier alpha value is -3.61. The number of aromatic nitrogens is 2. The number of carbonyl (C=O) groups excluding carboxylic acids is 2. The second-order valence-electron chi connectivity index (χ2n) is 6.64. The monoisotopic (exact) mass is 392 g/mol. The summed E-state index contributed by atoms with van der Waals surface area (Å²) >= 11 is 0. The lowest BCUT2D eigenvalue weighted by molar-refractivity contribution is -0.122. The number of nitrogens with one attached hydrogen (secondary N) is 2. The highest BCUT2D eigenvalue weighted by atomic mass is 16.5. The van der Waals surface area contributed by atoms with Crippen LogP contribution in [0.25, 0.3) is 5.69 Å². The largest absolute Gasteiger partial charge is 0.497 e. The van der Waals surface area contributed by atoms with Gasteiger partial charge in [0.2, 0.25) is 11.8 Å². The molecule has 0 saturated carbocycles. The molecular weight excluding hydrogens is 368 g/mol. The Morgan fingerprint density at radius 1 is 1.10 bits per heavy atom. The van der Waals surface area contributed by atoms with E-state index in [9.17, 15) is 9.59 Å². The Kier molecular flexibility index (Phi) is 6.63. The minimum atomic E-state index is -0.412. The van der Waals surface area contributed by atoms with E-state index in [1.807, 2.05) is 48.7 Å². The Labute approximate surface area is 169 Å². The number of ether oxygens (including phenoxy) is 1. The highest BCUT2D eigenvalue weighted by Crippen LogP contribution is 2.20. The van der Waals surface area contributed by atoms with Gasteiger partial charge in [0.1, 0.15) is 5.75 Å². The average Bonchev–Trinajstić information content (AvgIpc) is 3.21. The predicted octanol–water partition coefficient (Wildman–Crippen LogP) is 2.76. The van der Waals surface area contributed by atoms with Crippen LogP contribution in [0.1, 0.15) is 30.5 Å². The first-order valence-electron chi connectivity index (χ1n) is 9.32. The van der Waals surface area contributed by atoms with E-state index in [1.54, 1.807) is 30.1 Å². The molecule has 7 nitrogen and oxygen atoms in total. The number of hydrogen-bond acceptors (Lipinski definition) is 4. The quantitative estimate of drug-likeness (QED) is 0.617. The van der Waals surface area contributed by atoms with Crippen LogP contribution in [0.2, 0.25) is 0 Å². The maximum absolute atomic E-state index is 12.5. The molecule has 2 aromatic carbocycles. The molecule has 1 heterocycles. The van der Waals surface area contributed by atoms with Crippen LogP contribution in [0.4, 0.5) is 0 Å². The number of amides is 2. The lowest BCUT2D eigenvalue weighted by Crippen LogP contribution is -2.32. The second kappa shape index (κ2) is 9.54. The molecule has 0 aliphatic carbocycles. The molecule has 0 aliphatic rings. The van der Waals surface area contributed by atoms with Crippen LogP contribution in [0.3, 0.4) is 0 Å². The second-order valence-corrected chi connectivity index (χ2v) is 6.64. The van der Waals surface area contributed by atoms with Gasteiger partial charge in [0.25, 0.3) is 0 Å². The van der Waals surface area contributed by atoms with Crippen molar-refractivity contribution in [1.29, 1.82) is 0 Å². The fraction of sp³-hybridized carbons (Fsp3) is 0.227. The van der Waals surface area contributed by atoms with Gasteiger partial charge < -0.3 is 15.4 Å². The predicted molar refractivity (Wildman–Crippen MR) is 110 cm³/mol. The van der Waals surface area contributed by atoms with Gasteiger partial charge in [-0.1, -0.05) is 30.3 Å². The zero-order chi connectivity index (χ0) is 20.6. The molecule has 0 fully saturated rings. The third kappa shape index (κ3) is 5.68. The number of hydrogen-bond donors (Lipinski definition) is 2. The van der Waals surface area contributed by atoms with E-state index in [1.165, 1.54) is 6.92 Å². The van der Waals surface area contributed by atoms with Crippen LogP contribution in [0.15, 0.2) is 67.0 Å². The molecule has 150 valence electrons. The molecule has 0 radical (unpaired) electrons. The topological polar surface area (TPSA) is 85.2 Å². The smallest absolute Gasteiger partial charge is 0.222 e. The van der Waals surface area contributed by atoms with Crippen LogP contribution in [0.5, 0.6) is 5.75 Å². The number of benzene rings is 2. The third-order valence-electron chi connectivity index (χ3n) is 4.43. The van der Waals surface area contributed by atoms with E-state index in [0.717, 1.165) is 22.6 Å². The standard InChI is InChI=1S/C22H24N4O3/c1-16(27)25-21(18-8-10-20(29-2)11-9-18)12-22(28)23-13-17-14-24-26(15-17)19-6-4-3-5-7-19/h3-11,14-15,21H,12-13H2,1-2H3,(H,23,28)(H,25,27). The Morgan fingerprint density at radius 2 is 1.83 bits per heavy atom. The van der Waals surface area contributed by atoms with Gasteiger partial charge in [-0.2, -0.15) is 5.10 Å². The summed E-state index contributed by atoms with van der Waals surface area (Å²) in [4.78, 5) is 24.0. The summed E-state index contributed by atoms with van der Waals surface area (Å²) in [6.07, 6.45) is 3.74. The molecule has 7 heteroatoms. The average molecular weight is 392 g/mol. The first kappa shape index (κ1) is 20.1. The lowest BCUT2D eigenvalue weighted by atomic mass is 10.0. The molecule has 29 heavy (non-hydrogen) atoms. The SMILES string of the molecule is COc1ccc(C(CC(=O)NCc2cnn(-c3ccccc3)c2)NC(C)=O)cc1. The van der Waals surface area contributed by atoms with Crippen LogP contribution >= 0.6 is 0 Å². The molecule has 0 bridgehead atoms. The zero-order valence-electron chi connectivity index (χ0n) is 16.5. The van der Waals surface area contributed by atoms with Crippen molar-refractivity contribution in [2.24, 2.45) is 0 Å². The van der Waals surface area contributed by atoms with E-state index in [0.29, 0.717) is 6.54 Å². The van der Waals surface area contributed by atoms with Crippen molar-refractivity contribution in [3.8, 4) is 11.4 Å². The number of nitrogens with zero attached hydrogens (tertiary/aromatic N) is 2. The fourth-order valence-corrected chi connectivity index (χ4v) is 2.97. The summed E-state index contributed by atoms with van der Waals surface area (Å²) in [7, 11) is 1.59. The van der Waals surface area contributed by atoms with Crippen LogP contribution < -0.4 is 15.4 Å². The summed E-state index contributed by atoms with van der Waals surface area (Å²) < 4.78 is 6.92. The number of rotatable bonds is 8. The molecule has 0 aliphatic heterocycles. The molecule has 3 aromatic rings. The van der Waals surface area contributed by atoms with Crippen molar-refractivity contribution in [2.45, 2.75) is 25.9 Å². The highest BCUT2D eigenvalue weighted by molar-refractivity contribution is 5.79. The third-order valence-corrected chi connectivity index (χ3v) is 4.43. The van der Waals surface area contributed by atoms with Crippen molar-refractivity contribution in [3.05, 3.63) is 78.1 Å². The summed E-state index contributed by atoms with van der Waals surface area (Å²) in [5.41, 5.74) is 2.69. The summed E-state index contributed by atoms with van der Waals surface area (Å²) in [5.74, 6) is 0.366. The molecule has 1 unspecified atom stereocenters. The van der Waals surface area contributed by atoms with Crippen molar-refractivity contribution in [3.63, 3.8) is 0 Å². The maximum Gasteiger partial charge on any atom is 0.222 e. The summed E-state index contributed by atoms with van der Waals surface area (Å²) in [6.45, 7) is 1.80. The Balaban J connectivity index is 1.60. The minimum Gasteiger partial charge on any atom is -0.497 e. The first-order valence-corrected chi connectivity index (χ1v) is 9.32. The van der Waals surface area contributed by atoms with Gasteiger partial charge in [-0.3, -0.25) is 9.59 Å². The van der Waals surface area contributed by atoms with Crippen molar-refractivity contribution >= 4 is 11.8 Å². The van der Waals surface area contributed by atoms with Gasteiger partial charge in [-0.25, -0.2) is 4.68 Å². The molecule has 1 atom stereocenters. The minimum absolute atomic E-state index is 0.138. The normalized spacial score (nSPS) is 11.5. The van der Waals surface area contributed by atoms with Gasteiger partial charge >= 0.3 is 0 Å². The van der Waals surface area contributed by atoms with Gasteiger partial charge in [0.15, 0.2) is 0 Å². The Morgan fingerprint density at radius 3 is 2.48 bits per heavy atom. The summed E-state index contributed by atoms with van der Waals surface area (Å²) in [5, 5.41) is 10.0. The molecular formula is C22H24N4O3. The van der Waals surface area contributed by atoms with Gasteiger partial charge in [-0.05, 0) is 29.8 Å². The van der Waals surface area contributed by atoms with E-state index < -0.39 is 6.04 Å². The summed E-state index contributed by atoms with van der Waals surface area (Å²) in [6, 6.07) is 16.6. The molecule has 0 saturated heterocycles. The van der Waals surface area contributed by atoms with E-state index in [4.69, 9.17) is 4.74 Å². The van der Waals surface area contributed by atoms with E-state index >= 15 is 0 Å². The van der Waals surface area contributed by atoms with Crippen LogP contribution in [-0.2, 0) is 16.1 Å². The van der Waals surface area contributed by atoms with Gasteiger partial charge in [0, 0.05) is 25.2 Å². The first-order chi connectivity index (χ1) is 14.0. The fourth-order valence-electron chi connectivity index (χ4n) is 2.97. The molecule has 1 aromatic heterocycles. The van der Waals surface area contributed by atoms with Crippen LogP contribution in [0, 0.1) is 0 Å². The highest BCUT2D eigenvalue weighted by Gasteiger charge is 2.17. The molecule has 0 spiro atoms. The van der Waals surface area contributed by atoms with Crippen molar-refractivity contribution in [2.75, 3.05) is 7.11 Å². The molecule has 2 amide bonds. The van der Waals surface area contributed by atoms with Crippen molar-refractivity contribution in [1.82, 2.24) is 20.4 Å². The number of carbonyl (C=O) groups is 2. The van der Waals surface area contributed by atoms with Crippen molar-refractivity contribution < 1.29 is 14.3 Å². The Bertz CT molecular complexity index is 952. The molecule has 3 rings (SSSR count). The number of para-hydroxylation sites is 1. The zero-order valence-corrected chi connectivity index (χ0v) is 16.5.